The van der Waals surface area contributed by atoms with E-state index in [1.807, 2.05) is 30.3 Å². The maximum atomic E-state index is 13.7. The van der Waals surface area contributed by atoms with Crippen molar-refractivity contribution in [1.29, 1.82) is 0 Å². The number of carbonyl (C=O) groups excluding carboxylic acids is 1. The van der Waals surface area contributed by atoms with Crippen LogP contribution in [0.5, 0.6) is 5.75 Å². The van der Waals surface area contributed by atoms with Crippen molar-refractivity contribution in [3.8, 4) is 5.75 Å². The Balaban J connectivity index is 1.80. The van der Waals surface area contributed by atoms with Crippen LogP contribution in [0.4, 0.5) is 17.6 Å². The number of ketones is 1. The predicted molar refractivity (Wildman–Crippen MR) is 102 cm³/mol. The van der Waals surface area contributed by atoms with Crippen molar-refractivity contribution in [3.63, 3.8) is 0 Å². The number of hydrogen-bond acceptors (Lipinski definition) is 2. The zero-order chi connectivity index (χ0) is 20.9. The summed E-state index contributed by atoms with van der Waals surface area (Å²) in [5.74, 6) is -1.01. The highest BCUT2D eigenvalue weighted by Gasteiger charge is 2.30. The van der Waals surface area contributed by atoms with E-state index in [4.69, 9.17) is 4.74 Å². The van der Waals surface area contributed by atoms with Crippen LogP contribution < -0.4 is 4.74 Å². The van der Waals surface area contributed by atoms with Crippen LogP contribution in [-0.2, 0) is 12.8 Å². The monoisotopic (exact) mass is 400 g/mol. The number of benzene rings is 3. The minimum Gasteiger partial charge on any atom is -0.488 e. The summed E-state index contributed by atoms with van der Waals surface area (Å²) in [6.45, 7) is 0.185. The highest BCUT2D eigenvalue weighted by atomic mass is 19.4. The lowest BCUT2D eigenvalue weighted by Crippen LogP contribution is -2.04. The lowest BCUT2D eigenvalue weighted by molar-refractivity contribution is -0.137. The molecule has 0 saturated carbocycles. The summed E-state index contributed by atoms with van der Waals surface area (Å²) >= 11 is 0. The summed E-state index contributed by atoms with van der Waals surface area (Å²) in [4.78, 5) is 12.5. The third kappa shape index (κ3) is 5.54. The van der Waals surface area contributed by atoms with Crippen LogP contribution in [0.1, 0.15) is 27.0 Å². The highest BCUT2D eigenvalue weighted by molar-refractivity contribution is 6.08. The lowest BCUT2D eigenvalue weighted by Gasteiger charge is -2.10. The molecule has 0 radical (unpaired) electrons. The third-order valence-electron chi connectivity index (χ3n) is 4.09. The van der Waals surface area contributed by atoms with Gasteiger partial charge < -0.3 is 4.74 Å². The number of ether oxygens (including phenoxy) is 1. The molecule has 0 bridgehead atoms. The van der Waals surface area contributed by atoms with Crippen molar-refractivity contribution in [3.05, 3.63) is 107 Å². The standard InChI is InChI=1S/C23H16F4O2/c24-19-10-12-22(29-15-17-5-2-1-3-6-17)20(14-19)21(28)11-9-16-7-4-8-18(13-16)23(25,26)27/h1-14H,15H2/b11-9+. The Morgan fingerprint density at radius 1 is 0.931 bits per heavy atom. The Kier molecular flexibility index (Phi) is 6.12. The van der Waals surface area contributed by atoms with Gasteiger partial charge in [-0.1, -0.05) is 48.5 Å². The summed E-state index contributed by atoms with van der Waals surface area (Å²) < 4.78 is 57.7. The predicted octanol–water partition coefficient (Wildman–Crippen LogP) is 6.32. The molecule has 0 aliphatic heterocycles. The van der Waals surface area contributed by atoms with E-state index in [2.05, 4.69) is 0 Å². The largest absolute Gasteiger partial charge is 0.488 e. The van der Waals surface area contributed by atoms with E-state index in [1.54, 1.807) is 0 Å². The maximum Gasteiger partial charge on any atom is 0.416 e. The van der Waals surface area contributed by atoms with Gasteiger partial charge in [0.15, 0.2) is 5.78 Å². The molecule has 148 valence electrons. The van der Waals surface area contributed by atoms with Crippen LogP contribution in [0.2, 0.25) is 0 Å². The van der Waals surface area contributed by atoms with Gasteiger partial charge in [0, 0.05) is 0 Å². The van der Waals surface area contributed by atoms with Gasteiger partial charge >= 0.3 is 6.18 Å². The summed E-state index contributed by atoms with van der Waals surface area (Å²) in [6, 6.07) is 17.4. The first kappa shape index (κ1) is 20.3. The normalized spacial score (nSPS) is 11.6. The van der Waals surface area contributed by atoms with Crippen LogP contribution in [-0.4, -0.2) is 5.78 Å². The third-order valence-corrected chi connectivity index (χ3v) is 4.09. The van der Waals surface area contributed by atoms with Gasteiger partial charge in [-0.2, -0.15) is 13.2 Å². The molecule has 0 fully saturated rings. The molecule has 0 saturated heterocycles. The fourth-order valence-electron chi connectivity index (χ4n) is 2.64. The topological polar surface area (TPSA) is 26.3 Å². The maximum absolute atomic E-state index is 13.7. The highest BCUT2D eigenvalue weighted by Crippen LogP contribution is 2.30. The van der Waals surface area contributed by atoms with Gasteiger partial charge in [0.25, 0.3) is 0 Å². The minimum atomic E-state index is -4.48. The summed E-state index contributed by atoms with van der Waals surface area (Å²) in [7, 11) is 0. The van der Waals surface area contributed by atoms with Crippen molar-refractivity contribution in [2.45, 2.75) is 12.8 Å². The van der Waals surface area contributed by atoms with Crippen LogP contribution >= 0.6 is 0 Å². The molecule has 0 spiro atoms. The van der Waals surface area contributed by atoms with E-state index in [-0.39, 0.29) is 23.5 Å². The van der Waals surface area contributed by atoms with E-state index in [0.717, 1.165) is 29.8 Å². The minimum absolute atomic E-state index is 0.0100. The lowest BCUT2D eigenvalue weighted by atomic mass is 10.1. The van der Waals surface area contributed by atoms with Crippen LogP contribution in [0.25, 0.3) is 6.08 Å². The molecule has 0 amide bonds. The van der Waals surface area contributed by atoms with Crippen LogP contribution in [0, 0.1) is 5.82 Å². The van der Waals surface area contributed by atoms with Crippen molar-refractivity contribution >= 4 is 11.9 Å². The Bertz CT molecular complexity index is 1020. The SMILES string of the molecule is O=C(/C=C/c1cccc(C(F)(F)F)c1)c1cc(F)ccc1OCc1ccccc1. The number of hydrogen-bond donors (Lipinski definition) is 0. The fourth-order valence-corrected chi connectivity index (χ4v) is 2.64. The summed E-state index contributed by atoms with van der Waals surface area (Å²) in [5, 5.41) is 0. The summed E-state index contributed by atoms with van der Waals surface area (Å²) in [5.41, 5.74) is 0.250. The van der Waals surface area contributed by atoms with Crippen molar-refractivity contribution in [2.24, 2.45) is 0 Å². The molecule has 3 rings (SSSR count). The van der Waals surface area contributed by atoms with Gasteiger partial charge in [-0.3, -0.25) is 4.79 Å². The zero-order valence-corrected chi connectivity index (χ0v) is 15.1. The van der Waals surface area contributed by atoms with Crippen molar-refractivity contribution < 1.29 is 27.1 Å². The number of rotatable bonds is 6. The van der Waals surface area contributed by atoms with Gasteiger partial charge in [-0.15, -0.1) is 0 Å². The van der Waals surface area contributed by atoms with Gasteiger partial charge in [0.2, 0.25) is 0 Å². The second-order valence-corrected chi connectivity index (χ2v) is 6.24. The van der Waals surface area contributed by atoms with E-state index >= 15 is 0 Å². The zero-order valence-electron chi connectivity index (χ0n) is 15.1. The average molecular weight is 400 g/mol. The molecule has 0 atom stereocenters. The fraction of sp³-hybridized carbons (Fsp3) is 0.0870. The van der Waals surface area contributed by atoms with Gasteiger partial charge in [-0.25, -0.2) is 4.39 Å². The average Bonchev–Trinajstić information content (AvgIpc) is 2.71. The van der Waals surface area contributed by atoms with E-state index in [9.17, 15) is 22.4 Å². The van der Waals surface area contributed by atoms with Gasteiger partial charge in [0.05, 0.1) is 11.1 Å². The molecule has 6 heteroatoms. The number of halogens is 4. The molecule has 3 aromatic carbocycles. The molecule has 29 heavy (non-hydrogen) atoms. The molecule has 0 N–H and O–H groups in total. The molecule has 3 aromatic rings. The molecule has 0 heterocycles. The first-order valence-electron chi connectivity index (χ1n) is 8.69. The molecular formula is C23H16F4O2. The molecule has 2 nitrogen and oxygen atoms in total. The first-order valence-corrected chi connectivity index (χ1v) is 8.69. The first-order chi connectivity index (χ1) is 13.8. The quantitative estimate of drug-likeness (QED) is 0.275. The second kappa shape index (κ2) is 8.73. The van der Waals surface area contributed by atoms with E-state index in [1.165, 1.54) is 30.3 Å². The van der Waals surface area contributed by atoms with Crippen LogP contribution in [0.15, 0.2) is 78.9 Å². The molecule has 0 aliphatic rings. The molecular weight excluding hydrogens is 384 g/mol. The Labute approximate surface area is 165 Å². The smallest absolute Gasteiger partial charge is 0.416 e. The number of alkyl halides is 3. The Morgan fingerprint density at radius 2 is 1.69 bits per heavy atom. The van der Waals surface area contributed by atoms with Gasteiger partial charge in [0.1, 0.15) is 18.2 Å². The van der Waals surface area contributed by atoms with Crippen molar-refractivity contribution in [1.82, 2.24) is 0 Å². The van der Waals surface area contributed by atoms with Crippen molar-refractivity contribution in [2.75, 3.05) is 0 Å². The van der Waals surface area contributed by atoms with Crippen LogP contribution in [0.3, 0.4) is 0 Å². The number of carbonyl (C=O) groups is 1. The van der Waals surface area contributed by atoms with E-state index in [0.29, 0.717) is 0 Å². The molecule has 0 aromatic heterocycles. The molecule has 0 aliphatic carbocycles. The Hall–Kier alpha value is -3.41. The molecule has 0 unspecified atom stereocenters. The van der Waals surface area contributed by atoms with E-state index < -0.39 is 23.3 Å². The second-order valence-electron chi connectivity index (χ2n) is 6.24. The number of allylic oxidation sites excluding steroid dienone is 1. The summed E-state index contributed by atoms with van der Waals surface area (Å²) in [6.07, 6.45) is -2.13. The Morgan fingerprint density at radius 3 is 2.41 bits per heavy atom. The van der Waals surface area contributed by atoms with Gasteiger partial charge in [-0.05, 0) is 47.5 Å².